The smallest absolute Gasteiger partial charge is 0.268 e. The van der Waals surface area contributed by atoms with E-state index in [0.29, 0.717) is 17.6 Å². The Morgan fingerprint density at radius 1 is 0.818 bits per heavy atom. The van der Waals surface area contributed by atoms with Crippen LogP contribution < -0.4 is 4.89 Å². The molecule has 1 N–H and O–H groups in total. The molecule has 2 unspecified atom stereocenters. The Hall–Kier alpha value is -0.270. The standard InChI is InChI=1S/C25H52NO6P/c1-5-6-7-8-9-10-11-12-13-14-15-16-17-18-19-21-30-23-25(27)24-32-33(28,29)31-22-20-26(2,3)4/h11-12,25,27H,5-10,13-24H2,1-4H3/b12-11-. The van der Waals surface area contributed by atoms with Crippen LogP contribution in [0.15, 0.2) is 12.2 Å². The van der Waals surface area contributed by atoms with Gasteiger partial charge in [-0.25, -0.2) is 0 Å². The first-order chi connectivity index (χ1) is 15.7. The normalized spacial score (nSPS) is 15.2. The quantitative estimate of drug-likeness (QED) is 0.0858. The van der Waals surface area contributed by atoms with Gasteiger partial charge in [0.05, 0.1) is 34.4 Å². The number of allylic oxidation sites excluding steroid dienone is 2. The summed E-state index contributed by atoms with van der Waals surface area (Å²) in [4.78, 5) is 11.7. The molecule has 0 aliphatic heterocycles. The van der Waals surface area contributed by atoms with Crippen LogP contribution in [0.25, 0.3) is 0 Å². The minimum Gasteiger partial charge on any atom is -0.756 e. The number of likely N-dealkylation sites (N-methyl/N-ethyl adjacent to an activating group) is 1. The van der Waals surface area contributed by atoms with Crippen LogP contribution >= 0.6 is 7.82 Å². The van der Waals surface area contributed by atoms with Gasteiger partial charge in [0.25, 0.3) is 7.82 Å². The van der Waals surface area contributed by atoms with E-state index < -0.39 is 13.9 Å². The number of ether oxygens (including phenoxy) is 1. The minimum absolute atomic E-state index is 0.0484. The second-order valence-corrected chi connectivity index (χ2v) is 11.3. The van der Waals surface area contributed by atoms with E-state index in [1.807, 2.05) is 21.1 Å². The van der Waals surface area contributed by atoms with E-state index in [4.69, 9.17) is 13.8 Å². The number of hydrogen-bond donors (Lipinski definition) is 1. The molecule has 0 spiro atoms. The lowest BCUT2D eigenvalue weighted by atomic mass is 10.1. The minimum atomic E-state index is -4.39. The third kappa shape index (κ3) is 26.2. The Morgan fingerprint density at radius 3 is 1.94 bits per heavy atom. The largest absolute Gasteiger partial charge is 0.756 e. The summed E-state index contributed by atoms with van der Waals surface area (Å²) in [6.07, 6.45) is 19.9. The Bertz CT molecular complexity index is 510. The maximum atomic E-state index is 11.7. The number of phosphoric acid groups is 1. The number of quaternary nitrogens is 1. The van der Waals surface area contributed by atoms with Gasteiger partial charge < -0.3 is 28.3 Å². The van der Waals surface area contributed by atoms with Gasteiger partial charge >= 0.3 is 0 Å². The predicted molar refractivity (Wildman–Crippen MR) is 134 cm³/mol. The number of unbranched alkanes of at least 4 members (excludes halogenated alkanes) is 11. The zero-order valence-corrected chi connectivity index (χ0v) is 22.7. The third-order valence-electron chi connectivity index (χ3n) is 5.30. The fourth-order valence-corrected chi connectivity index (χ4v) is 3.92. The molecule has 0 aromatic rings. The van der Waals surface area contributed by atoms with Crippen molar-refractivity contribution >= 4 is 7.82 Å². The van der Waals surface area contributed by atoms with Gasteiger partial charge in [-0.15, -0.1) is 0 Å². The maximum Gasteiger partial charge on any atom is 0.268 e. The summed E-state index contributed by atoms with van der Waals surface area (Å²) in [5.74, 6) is 0. The molecule has 198 valence electrons. The summed E-state index contributed by atoms with van der Waals surface area (Å²) in [7, 11) is 1.44. The Labute approximate surface area is 203 Å². The molecule has 0 aliphatic carbocycles. The summed E-state index contributed by atoms with van der Waals surface area (Å²) in [5.41, 5.74) is 0. The summed E-state index contributed by atoms with van der Waals surface area (Å²) in [6, 6.07) is 0. The van der Waals surface area contributed by atoms with Crippen molar-refractivity contribution < 1.29 is 32.8 Å². The number of aliphatic hydroxyl groups excluding tert-OH is 1. The van der Waals surface area contributed by atoms with Crippen molar-refractivity contribution in [3.05, 3.63) is 12.2 Å². The van der Waals surface area contributed by atoms with Crippen LogP contribution in [0.3, 0.4) is 0 Å². The first-order valence-electron chi connectivity index (χ1n) is 13.0. The van der Waals surface area contributed by atoms with Gasteiger partial charge in [0.1, 0.15) is 19.3 Å². The molecule has 0 fully saturated rings. The van der Waals surface area contributed by atoms with E-state index in [1.165, 1.54) is 70.6 Å². The number of hydrogen-bond acceptors (Lipinski definition) is 6. The van der Waals surface area contributed by atoms with E-state index in [9.17, 15) is 14.6 Å². The fraction of sp³-hybridized carbons (Fsp3) is 0.920. The molecule has 0 bridgehead atoms. The van der Waals surface area contributed by atoms with Gasteiger partial charge in [-0.05, 0) is 32.1 Å². The highest BCUT2D eigenvalue weighted by Crippen LogP contribution is 2.38. The van der Waals surface area contributed by atoms with Gasteiger partial charge in [0, 0.05) is 6.61 Å². The Morgan fingerprint density at radius 2 is 1.36 bits per heavy atom. The summed E-state index contributed by atoms with van der Waals surface area (Å²) >= 11 is 0. The van der Waals surface area contributed by atoms with Gasteiger partial charge in [0.15, 0.2) is 0 Å². The monoisotopic (exact) mass is 493 g/mol. The van der Waals surface area contributed by atoms with Gasteiger partial charge in [-0.1, -0.05) is 70.4 Å². The van der Waals surface area contributed by atoms with Crippen LogP contribution in [-0.2, 0) is 18.3 Å². The lowest BCUT2D eigenvalue weighted by Gasteiger charge is -2.27. The van der Waals surface area contributed by atoms with E-state index in [-0.39, 0.29) is 19.8 Å². The van der Waals surface area contributed by atoms with Crippen molar-refractivity contribution in [2.24, 2.45) is 0 Å². The van der Waals surface area contributed by atoms with Crippen LogP contribution in [0, 0.1) is 0 Å². The molecule has 0 saturated heterocycles. The molecular formula is C25H52NO6P. The highest BCUT2D eigenvalue weighted by molar-refractivity contribution is 7.45. The maximum absolute atomic E-state index is 11.7. The number of nitrogens with zero attached hydrogens (tertiary/aromatic N) is 1. The van der Waals surface area contributed by atoms with E-state index in [0.717, 1.165) is 12.8 Å². The zero-order valence-electron chi connectivity index (χ0n) is 21.8. The number of phosphoric ester groups is 1. The SMILES string of the molecule is CCCCCCC/C=C\CCCCCCCCOCC(O)COP(=O)([O-])OCC[N+](C)(C)C. The van der Waals surface area contributed by atoms with Crippen LogP contribution in [0.4, 0.5) is 0 Å². The lowest BCUT2D eigenvalue weighted by molar-refractivity contribution is -0.870. The van der Waals surface area contributed by atoms with Crippen LogP contribution in [-0.4, -0.2) is 69.8 Å². The second-order valence-electron chi connectivity index (χ2n) is 9.90. The van der Waals surface area contributed by atoms with Crippen molar-refractivity contribution in [3.8, 4) is 0 Å². The summed E-state index contributed by atoms with van der Waals surface area (Å²) in [5, 5.41) is 9.82. The molecular weight excluding hydrogens is 441 g/mol. The highest BCUT2D eigenvalue weighted by Gasteiger charge is 2.15. The molecule has 2 atom stereocenters. The molecule has 0 saturated carbocycles. The van der Waals surface area contributed by atoms with Crippen LogP contribution in [0.5, 0.6) is 0 Å². The van der Waals surface area contributed by atoms with Gasteiger partial charge in [0.2, 0.25) is 0 Å². The summed E-state index contributed by atoms with van der Waals surface area (Å²) < 4.78 is 27.2. The molecule has 0 aromatic heterocycles. The van der Waals surface area contributed by atoms with Gasteiger partial charge in [-0.3, -0.25) is 4.57 Å². The van der Waals surface area contributed by atoms with Gasteiger partial charge in [-0.2, -0.15) is 0 Å². The highest BCUT2D eigenvalue weighted by atomic mass is 31.2. The van der Waals surface area contributed by atoms with Crippen molar-refractivity contribution in [2.45, 2.75) is 96.5 Å². The average Bonchev–Trinajstić information content (AvgIpc) is 2.73. The van der Waals surface area contributed by atoms with E-state index >= 15 is 0 Å². The van der Waals surface area contributed by atoms with E-state index in [2.05, 4.69) is 19.1 Å². The molecule has 33 heavy (non-hydrogen) atoms. The number of rotatable bonds is 24. The molecule has 0 heterocycles. The van der Waals surface area contributed by atoms with Crippen molar-refractivity contribution in [2.75, 3.05) is 54.1 Å². The van der Waals surface area contributed by atoms with Crippen molar-refractivity contribution in [1.29, 1.82) is 0 Å². The predicted octanol–water partition coefficient (Wildman–Crippen LogP) is 5.22. The molecule has 0 rings (SSSR count). The third-order valence-corrected chi connectivity index (χ3v) is 6.26. The lowest BCUT2D eigenvalue weighted by Crippen LogP contribution is -2.37. The zero-order chi connectivity index (χ0) is 24.8. The molecule has 0 aliphatic rings. The van der Waals surface area contributed by atoms with Crippen LogP contribution in [0.1, 0.15) is 90.4 Å². The molecule has 0 aromatic carbocycles. The van der Waals surface area contributed by atoms with Crippen LogP contribution in [0.2, 0.25) is 0 Å². The summed E-state index contributed by atoms with van der Waals surface area (Å²) in [6.45, 7) is 3.11. The fourth-order valence-electron chi connectivity index (χ4n) is 3.18. The van der Waals surface area contributed by atoms with Crippen molar-refractivity contribution in [3.63, 3.8) is 0 Å². The molecule has 8 heteroatoms. The second kappa shape index (κ2) is 21.0. The Balaban J connectivity index is 3.44. The first kappa shape index (κ1) is 32.7. The van der Waals surface area contributed by atoms with E-state index in [1.54, 1.807) is 0 Å². The molecule has 0 amide bonds. The average molecular weight is 494 g/mol. The Kier molecular flexibility index (Phi) is 20.9. The molecule has 0 radical (unpaired) electrons. The number of aliphatic hydroxyl groups is 1. The first-order valence-corrected chi connectivity index (χ1v) is 14.4. The van der Waals surface area contributed by atoms with Crippen molar-refractivity contribution in [1.82, 2.24) is 0 Å². The molecule has 7 nitrogen and oxygen atoms in total. The topological polar surface area (TPSA) is 88.0 Å².